The van der Waals surface area contributed by atoms with Crippen molar-refractivity contribution >= 4 is 5.97 Å². The summed E-state index contributed by atoms with van der Waals surface area (Å²) in [5.74, 6) is 0.813. The summed E-state index contributed by atoms with van der Waals surface area (Å²) in [7, 11) is 3.41. The average molecular weight is 338 g/mol. The van der Waals surface area contributed by atoms with Gasteiger partial charge in [0.2, 0.25) is 0 Å². The first-order chi connectivity index (χ1) is 11.2. The molecule has 2 aliphatic rings. The highest BCUT2D eigenvalue weighted by atomic mass is 16.7. The van der Waals surface area contributed by atoms with Crippen molar-refractivity contribution in [1.29, 1.82) is 0 Å². The third-order valence-corrected chi connectivity index (χ3v) is 7.04. The van der Waals surface area contributed by atoms with Gasteiger partial charge in [-0.15, -0.1) is 0 Å². The molecule has 0 radical (unpaired) electrons. The highest BCUT2D eigenvalue weighted by molar-refractivity contribution is 5.66. The molecule has 0 aromatic heterocycles. The molecule has 0 saturated heterocycles. The van der Waals surface area contributed by atoms with Crippen LogP contribution in [0.5, 0.6) is 0 Å². The van der Waals surface area contributed by atoms with Crippen molar-refractivity contribution in [2.45, 2.75) is 72.7 Å². The number of methoxy groups -OCH3 is 2. The highest BCUT2D eigenvalue weighted by Gasteiger charge is 2.55. The molecule has 0 aliphatic heterocycles. The molecular weight excluding hydrogens is 304 g/mol. The second-order valence-electron chi connectivity index (χ2n) is 8.25. The van der Waals surface area contributed by atoms with Crippen molar-refractivity contribution in [3.63, 3.8) is 0 Å². The lowest BCUT2D eigenvalue weighted by atomic mass is 9.47. The monoisotopic (exact) mass is 338 g/mol. The summed E-state index contributed by atoms with van der Waals surface area (Å²) < 4.78 is 16.6. The number of rotatable bonds is 5. The molecule has 2 aliphatic carbocycles. The Morgan fingerprint density at radius 3 is 2.50 bits per heavy atom. The second kappa shape index (κ2) is 7.17. The predicted octanol–water partition coefficient (Wildman–Crippen LogP) is 4.34. The first kappa shape index (κ1) is 19.5. The highest BCUT2D eigenvalue weighted by Crippen LogP contribution is 2.62. The summed E-state index contributed by atoms with van der Waals surface area (Å²) in [6.07, 6.45) is 5.99. The molecule has 138 valence electrons. The number of carbonyl (C=O) groups excluding carboxylic acids is 1. The van der Waals surface area contributed by atoms with Gasteiger partial charge in [-0.3, -0.25) is 4.79 Å². The van der Waals surface area contributed by atoms with Gasteiger partial charge < -0.3 is 14.2 Å². The van der Waals surface area contributed by atoms with E-state index in [0.717, 1.165) is 12.8 Å². The molecule has 1 fully saturated rings. The van der Waals surface area contributed by atoms with Gasteiger partial charge in [0.15, 0.2) is 6.29 Å². The van der Waals surface area contributed by atoms with E-state index in [0.29, 0.717) is 11.8 Å². The Kier molecular flexibility index (Phi) is 5.81. The Labute approximate surface area is 146 Å². The molecule has 4 heteroatoms. The zero-order chi connectivity index (χ0) is 18.1. The third kappa shape index (κ3) is 3.41. The number of ether oxygens (including phenoxy) is 3. The lowest BCUT2D eigenvalue weighted by Crippen LogP contribution is -2.53. The van der Waals surface area contributed by atoms with Crippen molar-refractivity contribution < 1.29 is 19.0 Å². The maximum atomic E-state index is 11.5. The van der Waals surface area contributed by atoms with Gasteiger partial charge >= 0.3 is 5.97 Å². The van der Waals surface area contributed by atoms with Gasteiger partial charge in [-0.1, -0.05) is 26.3 Å². The van der Waals surface area contributed by atoms with Crippen LogP contribution in [0.15, 0.2) is 11.6 Å². The predicted molar refractivity (Wildman–Crippen MR) is 94.5 cm³/mol. The van der Waals surface area contributed by atoms with Crippen LogP contribution in [0.2, 0.25) is 0 Å². The first-order valence-electron chi connectivity index (χ1n) is 9.09. The van der Waals surface area contributed by atoms with Crippen LogP contribution in [-0.4, -0.2) is 32.6 Å². The van der Waals surface area contributed by atoms with Crippen LogP contribution in [0.4, 0.5) is 0 Å². The molecule has 0 heterocycles. The molecular formula is C20H34O4. The van der Waals surface area contributed by atoms with Gasteiger partial charge in [0, 0.05) is 27.6 Å². The molecule has 0 aromatic carbocycles. The van der Waals surface area contributed by atoms with E-state index in [2.05, 4.69) is 33.8 Å². The van der Waals surface area contributed by atoms with Gasteiger partial charge in [0.1, 0.15) is 6.10 Å². The van der Waals surface area contributed by atoms with Crippen LogP contribution in [0.25, 0.3) is 0 Å². The van der Waals surface area contributed by atoms with Crippen molar-refractivity contribution in [1.82, 2.24) is 0 Å². The Bertz CT molecular complexity index is 496. The number of fused-ring (bicyclic) bond motifs is 1. The molecule has 2 rings (SSSR count). The Hall–Kier alpha value is -0.870. The van der Waals surface area contributed by atoms with Crippen LogP contribution in [0.3, 0.4) is 0 Å². The zero-order valence-electron chi connectivity index (χ0n) is 16.3. The lowest BCUT2D eigenvalue weighted by Gasteiger charge is -2.59. The second-order valence-corrected chi connectivity index (χ2v) is 8.25. The van der Waals surface area contributed by atoms with E-state index in [1.165, 1.54) is 25.3 Å². The van der Waals surface area contributed by atoms with Crippen molar-refractivity contribution in [2.75, 3.05) is 14.2 Å². The number of carbonyl (C=O) groups is 1. The fourth-order valence-corrected chi connectivity index (χ4v) is 5.12. The molecule has 0 N–H and O–H groups in total. The van der Waals surface area contributed by atoms with E-state index in [1.54, 1.807) is 14.2 Å². The zero-order valence-corrected chi connectivity index (χ0v) is 16.3. The molecule has 24 heavy (non-hydrogen) atoms. The number of esters is 1. The fourth-order valence-electron chi connectivity index (χ4n) is 5.12. The molecule has 0 bridgehead atoms. The number of allylic oxidation sites excluding steroid dienone is 1. The van der Waals surface area contributed by atoms with Crippen LogP contribution in [-0.2, 0) is 19.0 Å². The largest absolute Gasteiger partial charge is 0.458 e. The summed E-state index contributed by atoms with van der Waals surface area (Å²) in [6, 6.07) is 0. The van der Waals surface area contributed by atoms with Crippen LogP contribution in [0.1, 0.15) is 60.3 Å². The standard InChI is InChI=1S/C20H34O4/c1-13-8-9-19(4)14(2)10-16(24-15(3)21)11-17(19)20(13,5)12-18(22-6)23-7/h10,13,16-18H,8-9,11-12H2,1-7H3/t13-,16+,17+,19+,20+/m1/s1. The van der Waals surface area contributed by atoms with Crippen LogP contribution < -0.4 is 0 Å². The van der Waals surface area contributed by atoms with E-state index in [9.17, 15) is 4.79 Å². The van der Waals surface area contributed by atoms with Gasteiger partial charge in [-0.05, 0) is 54.9 Å². The molecule has 0 aromatic rings. The quantitative estimate of drug-likeness (QED) is 0.425. The van der Waals surface area contributed by atoms with E-state index in [-0.39, 0.29) is 29.2 Å². The molecule has 5 atom stereocenters. The minimum Gasteiger partial charge on any atom is -0.458 e. The smallest absolute Gasteiger partial charge is 0.303 e. The topological polar surface area (TPSA) is 44.8 Å². The van der Waals surface area contributed by atoms with Gasteiger partial charge in [-0.25, -0.2) is 0 Å². The van der Waals surface area contributed by atoms with Crippen LogP contribution in [0, 0.1) is 22.7 Å². The lowest BCUT2D eigenvalue weighted by molar-refractivity contribution is -0.166. The summed E-state index contributed by atoms with van der Waals surface area (Å²) in [6.45, 7) is 10.8. The van der Waals surface area contributed by atoms with Gasteiger partial charge in [0.25, 0.3) is 0 Å². The molecule has 0 amide bonds. The van der Waals surface area contributed by atoms with Crippen molar-refractivity contribution in [3.8, 4) is 0 Å². The van der Waals surface area contributed by atoms with Crippen LogP contribution >= 0.6 is 0 Å². The molecule has 4 nitrogen and oxygen atoms in total. The van der Waals surface area contributed by atoms with E-state index in [1.807, 2.05) is 0 Å². The summed E-state index contributed by atoms with van der Waals surface area (Å²) in [4.78, 5) is 11.5. The minimum atomic E-state index is -0.204. The maximum Gasteiger partial charge on any atom is 0.303 e. The van der Waals surface area contributed by atoms with Gasteiger partial charge in [-0.2, -0.15) is 0 Å². The SMILES string of the molecule is COC(C[C@@]1(C)[C@H](C)CC[C@@]2(C)C(C)=C[C@H](OC(C)=O)C[C@H]12)OC. The summed E-state index contributed by atoms with van der Waals surface area (Å²) in [5.41, 5.74) is 1.59. The summed E-state index contributed by atoms with van der Waals surface area (Å²) in [5, 5.41) is 0. The normalized spacial score (nSPS) is 39.3. The average Bonchev–Trinajstić information content (AvgIpc) is 2.51. The Morgan fingerprint density at radius 2 is 1.96 bits per heavy atom. The molecule has 0 spiro atoms. The van der Waals surface area contributed by atoms with Gasteiger partial charge in [0.05, 0.1) is 0 Å². The number of hydrogen-bond acceptors (Lipinski definition) is 4. The molecule has 1 saturated carbocycles. The van der Waals surface area contributed by atoms with Crippen molar-refractivity contribution in [2.24, 2.45) is 22.7 Å². The molecule has 0 unspecified atom stereocenters. The van der Waals surface area contributed by atoms with E-state index >= 15 is 0 Å². The third-order valence-electron chi connectivity index (χ3n) is 7.04. The number of hydrogen-bond donors (Lipinski definition) is 0. The van der Waals surface area contributed by atoms with E-state index < -0.39 is 0 Å². The Balaban J connectivity index is 2.37. The van der Waals surface area contributed by atoms with Crippen molar-refractivity contribution in [3.05, 3.63) is 11.6 Å². The Morgan fingerprint density at radius 1 is 1.33 bits per heavy atom. The first-order valence-corrected chi connectivity index (χ1v) is 9.09. The minimum absolute atomic E-state index is 0.0810. The maximum absolute atomic E-state index is 11.5. The fraction of sp³-hybridized carbons (Fsp3) is 0.850. The summed E-state index contributed by atoms with van der Waals surface area (Å²) >= 11 is 0. The van der Waals surface area contributed by atoms with E-state index in [4.69, 9.17) is 14.2 Å².